The summed E-state index contributed by atoms with van der Waals surface area (Å²) in [6.45, 7) is 2.74. The highest BCUT2D eigenvalue weighted by Gasteiger charge is 2.32. The second-order valence-electron chi connectivity index (χ2n) is 6.34. The summed E-state index contributed by atoms with van der Waals surface area (Å²) >= 11 is 5.99. The lowest BCUT2D eigenvalue weighted by molar-refractivity contribution is 0.0512. The molecule has 4 rings (SSSR count). The van der Waals surface area contributed by atoms with Gasteiger partial charge in [0.15, 0.2) is 11.5 Å². The van der Waals surface area contributed by atoms with Crippen LogP contribution in [0.1, 0.15) is 39.2 Å². The van der Waals surface area contributed by atoms with Gasteiger partial charge in [0.25, 0.3) is 5.91 Å². The Bertz CT molecular complexity index is 1010. The van der Waals surface area contributed by atoms with Gasteiger partial charge in [-0.25, -0.2) is 9.48 Å². The fourth-order valence-electron chi connectivity index (χ4n) is 3.31. The van der Waals surface area contributed by atoms with Gasteiger partial charge in [-0.3, -0.25) is 4.79 Å². The van der Waals surface area contributed by atoms with Crippen LogP contribution in [-0.4, -0.2) is 39.7 Å². The molecule has 8 heteroatoms. The molecule has 3 aromatic rings. The molecule has 0 unspecified atom stereocenters. The Kier molecular flexibility index (Phi) is 4.92. The maximum absolute atomic E-state index is 12.7. The highest BCUT2D eigenvalue weighted by atomic mass is 35.5. The van der Waals surface area contributed by atoms with Crippen LogP contribution in [0.3, 0.4) is 0 Å². The SMILES string of the molecule is CCOC(=O)c1nn(-c2ccc(Cl)cc2)c2c1CN(C(=O)c1ccco1)CC2. The molecule has 0 saturated carbocycles. The zero-order valence-corrected chi connectivity index (χ0v) is 16.0. The molecule has 0 N–H and O–H groups in total. The van der Waals surface area contributed by atoms with Crippen molar-refractivity contribution in [1.82, 2.24) is 14.7 Å². The second kappa shape index (κ2) is 7.52. The van der Waals surface area contributed by atoms with Gasteiger partial charge < -0.3 is 14.1 Å². The lowest BCUT2D eigenvalue weighted by Gasteiger charge is -2.27. The Morgan fingerprint density at radius 2 is 2.04 bits per heavy atom. The number of hydrogen-bond donors (Lipinski definition) is 0. The third kappa shape index (κ3) is 3.29. The molecule has 0 radical (unpaired) electrons. The van der Waals surface area contributed by atoms with Gasteiger partial charge in [-0.2, -0.15) is 5.10 Å². The van der Waals surface area contributed by atoms with Crippen molar-refractivity contribution in [2.24, 2.45) is 0 Å². The molecule has 144 valence electrons. The van der Waals surface area contributed by atoms with Gasteiger partial charge in [0.1, 0.15) is 0 Å². The summed E-state index contributed by atoms with van der Waals surface area (Å²) in [5.41, 5.74) is 2.60. The van der Waals surface area contributed by atoms with Crippen LogP contribution in [0.25, 0.3) is 5.69 Å². The number of rotatable bonds is 4. The molecule has 0 bridgehead atoms. The molecule has 3 heterocycles. The van der Waals surface area contributed by atoms with Crippen molar-refractivity contribution in [3.8, 4) is 5.69 Å². The minimum atomic E-state index is -0.501. The van der Waals surface area contributed by atoms with E-state index < -0.39 is 5.97 Å². The normalized spacial score (nSPS) is 13.3. The van der Waals surface area contributed by atoms with Crippen LogP contribution in [0.4, 0.5) is 0 Å². The van der Waals surface area contributed by atoms with Crippen molar-refractivity contribution < 1.29 is 18.7 Å². The average molecular weight is 400 g/mol. The summed E-state index contributed by atoms with van der Waals surface area (Å²) in [7, 11) is 0. The molecule has 0 fully saturated rings. The first-order valence-corrected chi connectivity index (χ1v) is 9.33. The number of hydrogen-bond acceptors (Lipinski definition) is 5. The largest absolute Gasteiger partial charge is 0.461 e. The second-order valence-corrected chi connectivity index (χ2v) is 6.77. The summed E-state index contributed by atoms with van der Waals surface area (Å²) in [5, 5.41) is 5.12. The molecule has 0 spiro atoms. The molecule has 1 aliphatic rings. The molecular formula is C20H18ClN3O4. The fraction of sp³-hybridized carbons (Fsp3) is 0.250. The molecule has 1 aromatic carbocycles. The van der Waals surface area contributed by atoms with Crippen LogP contribution in [0.15, 0.2) is 47.1 Å². The molecule has 28 heavy (non-hydrogen) atoms. The van der Waals surface area contributed by atoms with Crippen molar-refractivity contribution in [3.05, 3.63) is 70.4 Å². The number of esters is 1. The third-order valence-electron chi connectivity index (χ3n) is 4.62. The number of amides is 1. The van der Waals surface area contributed by atoms with Gasteiger partial charge in [0, 0.05) is 23.6 Å². The van der Waals surface area contributed by atoms with Crippen molar-refractivity contribution in [3.63, 3.8) is 0 Å². The lowest BCUT2D eigenvalue weighted by atomic mass is 10.0. The molecule has 0 saturated heterocycles. The van der Waals surface area contributed by atoms with E-state index in [-0.39, 0.29) is 30.5 Å². The van der Waals surface area contributed by atoms with E-state index >= 15 is 0 Å². The van der Waals surface area contributed by atoms with E-state index in [0.29, 0.717) is 23.6 Å². The minimum Gasteiger partial charge on any atom is -0.461 e. The van der Waals surface area contributed by atoms with Crippen LogP contribution < -0.4 is 0 Å². The van der Waals surface area contributed by atoms with Gasteiger partial charge in [0.05, 0.1) is 30.8 Å². The van der Waals surface area contributed by atoms with E-state index in [1.165, 1.54) is 6.26 Å². The molecule has 0 atom stereocenters. The Balaban J connectivity index is 1.73. The zero-order valence-electron chi connectivity index (χ0n) is 15.2. The van der Waals surface area contributed by atoms with E-state index in [1.54, 1.807) is 40.8 Å². The van der Waals surface area contributed by atoms with E-state index in [4.69, 9.17) is 20.8 Å². The van der Waals surface area contributed by atoms with Crippen LogP contribution in [0.5, 0.6) is 0 Å². The Labute approximate surface area is 166 Å². The lowest BCUT2D eigenvalue weighted by Crippen LogP contribution is -2.36. The summed E-state index contributed by atoms with van der Waals surface area (Å²) in [4.78, 5) is 26.8. The van der Waals surface area contributed by atoms with Crippen molar-refractivity contribution in [2.45, 2.75) is 19.9 Å². The molecular weight excluding hydrogens is 382 g/mol. The molecule has 2 aromatic heterocycles. The number of halogens is 1. The predicted octanol–water partition coefficient (Wildman–Crippen LogP) is 3.49. The number of fused-ring (bicyclic) bond motifs is 1. The van der Waals surface area contributed by atoms with Gasteiger partial charge in [-0.15, -0.1) is 0 Å². The number of nitrogens with zero attached hydrogens (tertiary/aromatic N) is 3. The first kappa shape index (κ1) is 18.3. The Hall–Kier alpha value is -3.06. The summed E-state index contributed by atoms with van der Waals surface area (Å²) in [6, 6.07) is 10.5. The van der Waals surface area contributed by atoms with Gasteiger partial charge in [-0.05, 0) is 43.3 Å². The molecule has 7 nitrogen and oxygen atoms in total. The Morgan fingerprint density at radius 1 is 1.25 bits per heavy atom. The minimum absolute atomic E-state index is 0.218. The maximum Gasteiger partial charge on any atom is 0.359 e. The first-order valence-electron chi connectivity index (χ1n) is 8.95. The summed E-state index contributed by atoms with van der Waals surface area (Å²) < 4.78 is 12.1. The van der Waals surface area contributed by atoms with E-state index in [0.717, 1.165) is 11.4 Å². The molecule has 0 aliphatic carbocycles. The standard InChI is InChI=1S/C20H18ClN3O4/c1-2-27-20(26)18-15-12-23(19(25)17-4-3-11-28-17)10-9-16(15)24(22-18)14-7-5-13(21)6-8-14/h3-8,11H,2,9-10,12H2,1H3. The van der Waals surface area contributed by atoms with Gasteiger partial charge in [-0.1, -0.05) is 11.6 Å². The first-order chi connectivity index (χ1) is 13.6. The Morgan fingerprint density at radius 3 is 2.71 bits per heavy atom. The number of benzene rings is 1. The van der Waals surface area contributed by atoms with E-state index in [9.17, 15) is 9.59 Å². The number of ether oxygens (including phenoxy) is 1. The third-order valence-corrected chi connectivity index (χ3v) is 4.87. The predicted molar refractivity (Wildman–Crippen MR) is 102 cm³/mol. The van der Waals surface area contributed by atoms with Crippen LogP contribution >= 0.6 is 11.6 Å². The number of aromatic nitrogens is 2. The van der Waals surface area contributed by atoms with Crippen molar-refractivity contribution in [1.29, 1.82) is 0 Å². The smallest absolute Gasteiger partial charge is 0.359 e. The zero-order chi connectivity index (χ0) is 19.7. The quantitative estimate of drug-likeness (QED) is 0.627. The fourth-order valence-corrected chi connectivity index (χ4v) is 3.43. The van der Waals surface area contributed by atoms with E-state index in [2.05, 4.69) is 5.10 Å². The highest BCUT2D eigenvalue weighted by molar-refractivity contribution is 6.30. The number of furan rings is 1. The average Bonchev–Trinajstić information content (AvgIpc) is 3.36. The monoisotopic (exact) mass is 399 g/mol. The molecule has 1 aliphatic heterocycles. The highest BCUT2D eigenvalue weighted by Crippen LogP contribution is 2.27. The number of carbonyl (C=O) groups excluding carboxylic acids is 2. The summed E-state index contributed by atoms with van der Waals surface area (Å²) in [6.07, 6.45) is 2.02. The topological polar surface area (TPSA) is 77.6 Å². The maximum atomic E-state index is 12.7. The van der Waals surface area contributed by atoms with Gasteiger partial charge >= 0.3 is 5.97 Å². The van der Waals surface area contributed by atoms with Gasteiger partial charge in [0.2, 0.25) is 0 Å². The molecule has 1 amide bonds. The number of carbonyl (C=O) groups is 2. The van der Waals surface area contributed by atoms with Crippen LogP contribution in [0.2, 0.25) is 5.02 Å². The summed E-state index contributed by atoms with van der Waals surface area (Å²) in [5.74, 6) is -0.449. The van der Waals surface area contributed by atoms with E-state index in [1.807, 2.05) is 12.1 Å². The van der Waals surface area contributed by atoms with Crippen molar-refractivity contribution >= 4 is 23.5 Å². The van der Waals surface area contributed by atoms with Crippen LogP contribution in [0, 0.1) is 0 Å². The van der Waals surface area contributed by atoms with Crippen molar-refractivity contribution in [2.75, 3.05) is 13.2 Å². The van der Waals surface area contributed by atoms with Crippen LogP contribution in [-0.2, 0) is 17.7 Å².